The summed E-state index contributed by atoms with van der Waals surface area (Å²) in [7, 11) is 1.58. The number of hydrogen-bond acceptors (Lipinski definition) is 5. The molecule has 27 heavy (non-hydrogen) atoms. The maximum Gasteiger partial charge on any atom is 0.271 e. The van der Waals surface area contributed by atoms with Crippen LogP contribution in [0.15, 0.2) is 46.0 Å². The summed E-state index contributed by atoms with van der Waals surface area (Å²) in [6.45, 7) is 5.10. The predicted molar refractivity (Wildman–Crippen MR) is 109 cm³/mol. The van der Waals surface area contributed by atoms with Gasteiger partial charge in [0.15, 0.2) is 11.5 Å². The van der Waals surface area contributed by atoms with Crippen molar-refractivity contribution < 1.29 is 19.0 Å². The number of ether oxygens (including phenoxy) is 3. The number of benzene rings is 2. The van der Waals surface area contributed by atoms with Crippen LogP contribution < -0.4 is 19.6 Å². The van der Waals surface area contributed by atoms with Gasteiger partial charge in [-0.05, 0) is 71.2 Å². The Kier molecular flexibility index (Phi) is 8.13. The fraction of sp³-hybridized carbons (Fsp3) is 0.300. The van der Waals surface area contributed by atoms with Crippen LogP contribution in [0, 0.1) is 0 Å². The van der Waals surface area contributed by atoms with E-state index in [2.05, 4.69) is 26.5 Å². The van der Waals surface area contributed by atoms with E-state index in [0.717, 1.165) is 22.2 Å². The molecule has 0 spiro atoms. The maximum absolute atomic E-state index is 12.2. The van der Waals surface area contributed by atoms with E-state index in [0.29, 0.717) is 30.3 Å². The van der Waals surface area contributed by atoms with Crippen LogP contribution in [0.1, 0.15) is 36.2 Å². The lowest BCUT2D eigenvalue weighted by atomic mass is 10.2. The molecule has 2 aromatic rings. The minimum Gasteiger partial charge on any atom is -0.494 e. The largest absolute Gasteiger partial charge is 0.494 e. The van der Waals surface area contributed by atoms with Crippen molar-refractivity contribution in [2.45, 2.75) is 20.3 Å². The SMILES string of the molecule is CCCOc1ccc(C(=O)N/N=C\c2cc(Br)c(OC)c(OCC)c2)cc1. The zero-order valence-electron chi connectivity index (χ0n) is 15.6. The topological polar surface area (TPSA) is 69.2 Å². The molecule has 0 atom stereocenters. The third kappa shape index (κ3) is 5.99. The van der Waals surface area contributed by atoms with Crippen LogP contribution in [0.25, 0.3) is 0 Å². The third-order valence-electron chi connectivity index (χ3n) is 3.50. The monoisotopic (exact) mass is 434 g/mol. The molecule has 0 heterocycles. The van der Waals surface area contributed by atoms with E-state index in [9.17, 15) is 4.79 Å². The number of carbonyl (C=O) groups is 1. The van der Waals surface area contributed by atoms with Gasteiger partial charge in [0.25, 0.3) is 5.91 Å². The van der Waals surface area contributed by atoms with Crippen molar-refractivity contribution in [2.75, 3.05) is 20.3 Å². The van der Waals surface area contributed by atoms with Crippen LogP contribution in [0.2, 0.25) is 0 Å². The highest BCUT2D eigenvalue weighted by Crippen LogP contribution is 2.36. The Balaban J connectivity index is 2.03. The Morgan fingerprint density at radius 2 is 1.93 bits per heavy atom. The summed E-state index contributed by atoms with van der Waals surface area (Å²) in [5, 5.41) is 4.01. The van der Waals surface area contributed by atoms with Gasteiger partial charge in [-0.2, -0.15) is 5.10 Å². The molecule has 6 nitrogen and oxygen atoms in total. The molecule has 2 rings (SSSR count). The van der Waals surface area contributed by atoms with E-state index >= 15 is 0 Å². The van der Waals surface area contributed by atoms with E-state index in [4.69, 9.17) is 14.2 Å². The summed E-state index contributed by atoms with van der Waals surface area (Å²) in [5.41, 5.74) is 3.77. The quantitative estimate of drug-likeness (QED) is 0.468. The normalized spacial score (nSPS) is 10.7. The second-order valence-corrected chi connectivity index (χ2v) is 6.39. The lowest BCUT2D eigenvalue weighted by molar-refractivity contribution is 0.0955. The number of nitrogens with zero attached hydrogens (tertiary/aromatic N) is 1. The Bertz CT molecular complexity index is 791. The standard InChI is InChI=1S/C20H23BrN2O4/c1-4-10-27-16-8-6-15(7-9-16)20(24)23-22-13-14-11-17(21)19(25-3)18(12-14)26-5-2/h6-9,11-13H,4-5,10H2,1-3H3,(H,23,24)/b22-13-. The van der Waals surface area contributed by atoms with Crippen LogP contribution >= 0.6 is 15.9 Å². The maximum atomic E-state index is 12.2. The average molecular weight is 435 g/mol. The highest BCUT2D eigenvalue weighted by Gasteiger charge is 2.10. The summed E-state index contributed by atoms with van der Waals surface area (Å²) in [6, 6.07) is 10.6. The van der Waals surface area contributed by atoms with Crippen LogP contribution in [0.5, 0.6) is 17.2 Å². The molecule has 0 fully saturated rings. The fourth-order valence-electron chi connectivity index (χ4n) is 2.28. The number of halogens is 1. The van der Waals surface area contributed by atoms with Crippen molar-refractivity contribution in [1.82, 2.24) is 5.43 Å². The van der Waals surface area contributed by atoms with Gasteiger partial charge < -0.3 is 14.2 Å². The summed E-state index contributed by atoms with van der Waals surface area (Å²) in [4.78, 5) is 12.2. The molecule has 1 N–H and O–H groups in total. The highest BCUT2D eigenvalue weighted by atomic mass is 79.9. The van der Waals surface area contributed by atoms with Gasteiger partial charge in [0.2, 0.25) is 0 Å². The molecule has 2 aromatic carbocycles. The van der Waals surface area contributed by atoms with E-state index in [1.54, 1.807) is 43.7 Å². The van der Waals surface area contributed by atoms with Crippen LogP contribution in [-0.4, -0.2) is 32.4 Å². The van der Waals surface area contributed by atoms with E-state index in [1.165, 1.54) is 0 Å². The summed E-state index contributed by atoms with van der Waals surface area (Å²) in [6.07, 6.45) is 2.48. The van der Waals surface area contributed by atoms with Crippen molar-refractivity contribution in [3.05, 3.63) is 52.0 Å². The molecule has 7 heteroatoms. The molecule has 144 valence electrons. The van der Waals surface area contributed by atoms with Gasteiger partial charge >= 0.3 is 0 Å². The minimum absolute atomic E-state index is 0.300. The molecule has 1 amide bonds. The number of methoxy groups -OCH3 is 1. The molecule has 0 saturated heterocycles. The number of amides is 1. The Morgan fingerprint density at radius 3 is 2.56 bits per heavy atom. The first kappa shape index (κ1) is 20.8. The molecule has 0 aliphatic carbocycles. The minimum atomic E-state index is -0.300. The number of nitrogens with one attached hydrogen (secondary N) is 1. The smallest absolute Gasteiger partial charge is 0.271 e. The Hall–Kier alpha value is -2.54. The Labute approximate surface area is 167 Å². The molecular formula is C20H23BrN2O4. The molecule has 0 saturated carbocycles. The van der Waals surface area contributed by atoms with E-state index < -0.39 is 0 Å². The first-order valence-electron chi connectivity index (χ1n) is 8.65. The second-order valence-electron chi connectivity index (χ2n) is 5.54. The first-order chi connectivity index (χ1) is 13.1. The average Bonchev–Trinajstić information content (AvgIpc) is 2.67. The van der Waals surface area contributed by atoms with Crippen molar-refractivity contribution in [2.24, 2.45) is 5.10 Å². The van der Waals surface area contributed by atoms with Crippen LogP contribution in [0.4, 0.5) is 0 Å². The van der Waals surface area contributed by atoms with Gasteiger partial charge in [-0.25, -0.2) is 5.43 Å². The number of carbonyl (C=O) groups excluding carboxylic acids is 1. The summed E-state index contributed by atoms with van der Waals surface area (Å²) < 4.78 is 17.1. The van der Waals surface area contributed by atoms with Crippen molar-refractivity contribution in [1.29, 1.82) is 0 Å². The fourth-order valence-corrected chi connectivity index (χ4v) is 2.90. The zero-order valence-corrected chi connectivity index (χ0v) is 17.2. The van der Waals surface area contributed by atoms with Gasteiger partial charge in [0.1, 0.15) is 5.75 Å². The molecule has 0 unspecified atom stereocenters. The molecule has 0 radical (unpaired) electrons. The summed E-state index contributed by atoms with van der Waals surface area (Å²) >= 11 is 3.44. The van der Waals surface area contributed by atoms with Crippen LogP contribution in [0.3, 0.4) is 0 Å². The summed E-state index contributed by atoms with van der Waals surface area (Å²) in [5.74, 6) is 1.66. The third-order valence-corrected chi connectivity index (χ3v) is 4.09. The van der Waals surface area contributed by atoms with Gasteiger partial charge in [-0.1, -0.05) is 6.92 Å². The first-order valence-corrected chi connectivity index (χ1v) is 9.44. The lowest BCUT2D eigenvalue weighted by Crippen LogP contribution is -2.17. The lowest BCUT2D eigenvalue weighted by Gasteiger charge is -2.11. The van der Waals surface area contributed by atoms with Crippen molar-refractivity contribution in [3.8, 4) is 17.2 Å². The predicted octanol–water partition coefficient (Wildman–Crippen LogP) is 4.41. The molecule has 0 bridgehead atoms. The molecule has 0 aliphatic heterocycles. The highest BCUT2D eigenvalue weighted by molar-refractivity contribution is 9.10. The van der Waals surface area contributed by atoms with Gasteiger partial charge in [0, 0.05) is 5.56 Å². The van der Waals surface area contributed by atoms with Crippen molar-refractivity contribution >= 4 is 28.1 Å². The Morgan fingerprint density at radius 1 is 1.19 bits per heavy atom. The van der Waals surface area contributed by atoms with Gasteiger partial charge in [-0.3, -0.25) is 4.79 Å². The number of hydrogen-bond donors (Lipinski definition) is 1. The zero-order chi connectivity index (χ0) is 19.6. The van der Waals surface area contributed by atoms with Crippen molar-refractivity contribution in [3.63, 3.8) is 0 Å². The number of rotatable bonds is 9. The van der Waals surface area contributed by atoms with Gasteiger partial charge in [-0.15, -0.1) is 0 Å². The molecule has 0 aromatic heterocycles. The number of hydrazone groups is 1. The van der Waals surface area contributed by atoms with E-state index in [1.807, 2.05) is 19.9 Å². The molecule has 0 aliphatic rings. The van der Waals surface area contributed by atoms with Gasteiger partial charge in [0.05, 0.1) is 31.0 Å². The van der Waals surface area contributed by atoms with E-state index in [-0.39, 0.29) is 5.91 Å². The second kappa shape index (κ2) is 10.6. The molecular weight excluding hydrogens is 412 g/mol. The van der Waals surface area contributed by atoms with Crippen LogP contribution in [-0.2, 0) is 0 Å².